The Hall–Kier alpha value is -1.86. The first kappa shape index (κ1) is 55.9. The summed E-state index contributed by atoms with van der Waals surface area (Å²) in [5, 5.41) is 24.0. The number of hydrogen-bond acceptors (Lipinski definition) is 9. The van der Waals surface area contributed by atoms with E-state index in [1.807, 2.05) is 0 Å². The van der Waals surface area contributed by atoms with Gasteiger partial charge in [0.05, 0.1) is 13.2 Å². The molecule has 0 heterocycles. The molecule has 0 aromatic heterocycles. The largest absolute Gasteiger partial charge is 0.459 e. The van der Waals surface area contributed by atoms with Gasteiger partial charge in [-0.1, -0.05) is 0 Å². The molecule has 0 saturated carbocycles. The second-order valence-corrected chi connectivity index (χ2v) is 12.9. The minimum Gasteiger partial charge on any atom is -0.394 e. The molecular formula is C15H17F21O12S3. The Balaban J connectivity index is -0.000000300. The minimum atomic E-state index is -6.61. The zero-order chi connectivity index (χ0) is 43.1. The Morgan fingerprint density at radius 3 is 0.569 bits per heavy atom. The highest BCUT2D eigenvalue weighted by Gasteiger charge is 2.75. The summed E-state index contributed by atoms with van der Waals surface area (Å²) in [5.41, 5.74) is 0. The first-order chi connectivity index (χ1) is 21.4. The minimum absolute atomic E-state index is 0.365. The molecule has 0 amide bonds. The van der Waals surface area contributed by atoms with E-state index in [4.69, 9.17) is 29.0 Å². The van der Waals surface area contributed by atoms with Crippen LogP contribution in [0.5, 0.6) is 0 Å². The van der Waals surface area contributed by atoms with E-state index in [0.29, 0.717) is 0 Å². The number of aliphatic hydroxyl groups excluding tert-OH is 3. The number of rotatable bonds is 11. The molecule has 0 spiro atoms. The van der Waals surface area contributed by atoms with Crippen LogP contribution >= 0.6 is 0 Å². The summed E-state index contributed by atoms with van der Waals surface area (Å²) >= 11 is 0. The molecule has 0 rings (SSSR count). The Bertz CT molecular complexity index is 1240. The first-order valence-corrected chi connectivity index (χ1v) is 15.5. The standard InChI is InChI=1S/3C4H3F7O3S.C3H8O3/c3*5-2(6,1-15(12,13)14)3(7,8)4(9,10)11;4-1-3(6)2-5/h3*1H2,(H,12,13,14);3-6H,1-2H2. The predicted molar refractivity (Wildman–Crippen MR) is 117 cm³/mol. The first-order valence-electron chi connectivity index (χ1n) is 10.7. The summed E-state index contributed by atoms with van der Waals surface area (Å²) in [7, 11) is -17.0. The van der Waals surface area contributed by atoms with Gasteiger partial charge in [-0.25, -0.2) is 0 Å². The van der Waals surface area contributed by atoms with E-state index in [9.17, 15) is 117 Å². The van der Waals surface area contributed by atoms with Crippen molar-refractivity contribution in [3.8, 4) is 0 Å². The van der Waals surface area contributed by atoms with Gasteiger partial charge >= 0.3 is 54.1 Å². The van der Waals surface area contributed by atoms with E-state index in [1.54, 1.807) is 0 Å². The molecule has 0 saturated heterocycles. The normalized spacial score (nSPS) is 14.8. The van der Waals surface area contributed by atoms with Crippen molar-refractivity contribution in [2.75, 3.05) is 30.5 Å². The molecule has 0 radical (unpaired) electrons. The molecule has 0 aliphatic rings. The van der Waals surface area contributed by atoms with Gasteiger partial charge in [-0.3, -0.25) is 13.7 Å². The number of alkyl halides is 21. The maximum absolute atomic E-state index is 12.2. The maximum atomic E-state index is 12.2. The second-order valence-electron chi connectivity index (χ2n) is 8.53. The van der Waals surface area contributed by atoms with Gasteiger partial charge in [-0.05, 0) is 0 Å². The Morgan fingerprint density at radius 2 is 0.510 bits per heavy atom. The van der Waals surface area contributed by atoms with Gasteiger partial charge in [-0.15, -0.1) is 0 Å². The molecule has 314 valence electrons. The van der Waals surface area contributed by atoms with Gasteiger partial charge in [0.25, 0.3) is 30.4 Å². The number of aliphatic hydroxyl groups is 3. The summed E-state index contributed by atoms with van der Waals surface area (Å²) in [6, 6.07) is 0. The average Bonchev–Trinajstić information content (AvgIpc) is 2.77. The van der Waals surface area contributed by atoms with Gasteiger partial charge < -0.3 is 15.3 Å². The Kier molecular flexibility index (Phi) is 19.2. The summed E-state index contributed by atoms with van der Waals surface area (Å²) in [5.74, 6) is -46.4. The van der Waals surface area contributed by atoms with Gasteiger partial charge in [0.15, 0.2) is 0 Å². The van der Waals surface area contributed by atoms with Crippen molar-refractivity contribution in [2.24, 2.45) is 0 Å². The maximum Gasteiger partial charge on any atom is 0.459 e. The molecule has 0 unspecified atom stereocenters. The smallest absolute Gasteiger partial charge is 0.394 e. The van der Waals surface area contributed by atoms with E-state index < -0.39 is 108 Å². The number of hydrogen-bond donors (Lipinski definition) is 6. The van der Waals surface area contributed by atoms with Crippen molar-refractivity contribution in [2.45, 2.75) is 60.2 Å². The summed E-state index contributed by atoms with van der Waals surface area (Å²) in [6.07, 6.45) is -20.8. The molecule has 0 aliphatic heterocycles. The average molecular weight is 884 g/mol. The SMILES string of the molecule is O=S(=O)(O)CC(F)(F)C(F)(F)C(F)(F)F.O=S(=O)(O)CC(F)(F)C(F)(F)C(F)(F)F.O=S(=O)(O)CC(F)(F)C(F)(F)C(F)(F)F.OCC(O)CO. The fourth-order valence-corrected chi connectivity index (χ4v) is 3.56. The lowest BCUT2D eigenvalue weighted by atomic mass is 10.2. The topological polar surface area (TPSA) is 224 Å². The number of halogens is 21. The lowest BCUT2D eigenvalue weighted by Crippen LogP contribution is -2.55. The summed E-state index contributed by atoms with van der Waals surface area (Å²) in [6.45, 7) is -0.729. The van der Waals surface area contributed by atoms with Crippen LogP contribution in [0.1, 0.15) is 0 Å². The van der Waals surface area contributed by atoms with Crippen molar-refractivity contribution in [3.05, 3.63) is 0 Å². The third kappa shape index (κ3) is 18.6. The molecule has 0 aromatic rings. The van der Waals surface area contributed by atoms with E-state index >= 15 is 0 Å². The third-order valence-corrected chi connectivity index (χ3v) is 6.14. The van der Waals surface area contributed by atoms with Gasteiger partial charge in [0.2, 0.25) is 0 Å². The van der Waals surface area contributed by atoms with Crippen molar-refractivity contribution >= 4 is 30.4 Å². The van der Waals surface area contributed by atoms with Crippen LogP contribution in [0.4, 0.5) is 92.2 Å². The van der Waals surface area contributed by atoms with E-state index in [2.05, 4.69) is 0 Å². The van der Waals surface area contributed by atoms with Crippen LogP contribution in [0, 0.1) is 0 Å². The van der Waals surface area contributed by atoms with Crippen LogP contribution < -0.4 is 0 Å². The predicted octanol–water partition coefficient (Wildman–Crippen LogP) is 3.45. The summed E-state index contributed by atoms with van der Waals surface area (Å²) in [4.78, 5) is 0. The van der Waals surface area contributed by atoms with E-state index in [-0.39, 0.29) is 13.2 Å². The second kappa shape index (κ2) is 17.5. The summed E-state index contributed by atoms with van der Waals surface area (Å²) < 4.78 is 330. The highest BCUT2D eigenvalue weighted by atomic mass is 32.2. The highest BCUT2D eigenvalue weighted by Crippen LogP contribution is 2.48. The van der Waals surface area contributed by atoms with E-state index in [1.165, 1.54) is 0 Å². The quantitative estimate of drug-likeness (QED) is 0.130. The third-order valence-electron chi connectivity index (χ3n) is 3.96. The molecule has 0 atom stereocenters. The fourth-order valence-electron chi connectivity index (χ4n) is 1.64. The molecule has 12 nitrogen and oxygen atoms in total. The highest BCUT2D eigenvalue weighted by molar-refractivity contribution is 7.86. The Labute approximate surface area is 268 Å². The molecule has 0 aromatic carbocycles. The van der Waals surface area contributed by atoms with Gasteiger partial charge in [0.1, 0.15) is 23.4 Å². The van der Waals surface area contributed by atoms with Crippen molar-refractivity contribution < 1.29 is 146 Å². The van der Waals surface area contributed by atoms with E-state index in [0.717, 1.165) is 0 Å². The van der Waals surface area contributed by atoms with Crippen molar-refractivity contribution in [3.63, 3.8) is 0 Å². The molecule has 0 fully saturated rings. The van der Waals surface area contributed by atoms with Crippen molar-refractivity contribution in [1.29, 1.82) is 0 Å². The van der Waals surface area contributed by atoms with Crippen molar-refractivity contribution in [1.82, 2.24) is 0 Å². The molecular weight excluding hydrogens is 867 g/mol. The molecule has 36 heteroatoms. The monoisotopic (exact) mass is 884 g/mol. The zero-order valence-corrected chi connectivity index (χ0v) is 25.4. The van der Waals surface area contributed by atoms with Crippen LogP contribution in [-0.2, 0) is 30.4 Å². The lowest BCUT2D eigenvalue weighted by molar-refractivity contribution is -0.348. The zero-order valence-electron chi connectivity index (χ0n) is 22.9. The van der Waals surface area contributed by atoms with Crippen LogP contribution in [0.2, 0.25) is 0 Å². The van der Waals surface area contributed by atoms with Crippen LogP contribution in [0.3, 0.4) is 0 Å². The molecule has 6 N–H and O–H groups in total. The van der Waals surface area contributed by atoms with Crippen LogP contribution in [0.25, 0.3) is 0 Å². The van der Waals surface area contributed by atoms with Crippen LogP contribution in [-0.4, -0.2) is 145 Å². The lowest BCUT2D eigenvalue weighted by Gasteiger charge is -2.26. The Morgan fingerprint density at radius 1 is 0.373 bits per heavy atom. The van der Waals surface area contributed by atoms with Gasteiger partial charge in [0, 0.05) is 0 Å². The fraction of sp³-hybridized carbons (Fsp3) is 1.00. The van der Waals surface area contributed by atoms with Gasteiger partial charge in [-0.2, -0.15) is 117 Å². The molecule has 0 bridgehead atoms. The molecule has 0 aliphatic carbocycles. The van der Waals surface area contributed by atoms with Crippen LogP contribution in [0.15, 0.2) is 0 Å². The molecule has 51 heavy (non-hydrogen) atoms.